The summed E-state index contributed by atoms with van der Waals surface area (Å²) >= 11 is 0. The molecule has 76 valence electrons. The Balaban J connectivity index is 2.27. The number of hydrogen-bond donors (Lipinski definition) is 1. The fourth-order valence-corrected chi connectivity index (χ4v) is 1.78. The van der Waals surface area contributed by atoms with E-state index in [0.717, 1.165) is 24.3 Å². The van der Waals surface area contributed by atoms with Crippen molar-refractivity contribution in [1.29, 1.82) is 0 Å². The SMILES string of the molecule is COC(CN)c1ccc2c(c1)CCO2. The predicted molar refractivity (Wildman–Crippen MR) is 54.4 cm³/mol. The number of rotatable bonds is 3. The van der Waals surface area contributed by atoms with Gasteiger partial charge in [-0.05, 0) is 23.3 Å². The molecule has 2 rings (SSSR count). The van der Waals surface area contributed by atoms with Crippen molar-refractivity contribution in [1.82, 2.24) is 0 Å². The van der Waals surface area contributed by atoms with Gasteiger partial charge in [0.25, 0.3) is 0 Å². The molecule has 0 aromatic heterocycles. The summed E-state index contributed by atoms with van der Waals surface area (Å²) in [6.45, 7) is 1.30. The van der Waals surface area contributed by atoms with Crippen molar-refractivity contribution in [3.05, 3.63) is 29.3 Å². The standard InChI is InChI=1S/C11H15NO2/c1-13-11(7-12)8-2-3-10-9(6-8)4-5-14-10/h2-3,6,11H,4-5,7,12H2,1H3. The Morgan fingerprint density at radius 2 is 2.43 bits per heavy atom. The first-order valence-corrected chi connectivity index (χ1v) is 4.83. The third kappa shape index (κ3) is 1.61. The topological polar surface area (TPSA) is 44.5 Å². The lowest BCUT2D eigenvalue weighted by atomic mass is 10.0. The minimum atomic E-state index is 0.000833. The Hall–Kier alpha value is -1.06. The first-order chi connectivity index (χ1) is 6.85. The lowest BCUT2D eigenvalue weighted by Crippen LogP contribution is -2.14. The van der Waals surface area contributed by atoms with Crippen LogP contribution in [0.1, 0.15) is 17.2 Å². The van der Waals surface area contributed by atoms with Crippen LogP contribution in [-0.4, -0.2) is 20.3 Å². The van der Waals surface area contributed by atoms with E-state index in [2.05, 4.69) is 6.07 Å². The summed E-state index contributed by atoms with van der Waals surface area (Å²) in [5.41, 5.74) is 8.00. The molecular weight excluding hydrogens is 178 g/mol. The molecule has 3 heteroatoms. The van der Waals surface area contributed by atoms with Crippen LogP contribution in [0, 0.1) is 0 Å². The van der Waals surface area contributed by atoms with E-state index in [1.54, 1.807) is 7.11 Å². The second-order valence-electron chi connectivity index (χ2n) is 3.43. The van der Waals surface area contributed by atoms with Crippen molar-refractivity contribution < 1.29 is 9.47 Å². The van der Waals surface area contributed by atoms with Crippen LogP contribution in [0.4, 0.5) is 0 Å². The number of benzene rings is 1. The van der Waals surface area contributed by atoms with Gasteiger partial charge in [0.2, 0.25) is 0 Å². The number of fused-ring (bicyclic) bond motifs is 1. The molecular formula is C11H15NO2. The Morgan fingerprint density at radius 1 is 1.57 bits per heavy atom. The highest BCUT2D eigenvalue weighted by atomic mass is 16.5. The first kappa shape index (κ1) is 9.49. The smallest absolute Gasteiger partial charge is 0.122 e. The van der Waals surface area contributed by atoms with Gasteiger partial charge >= 0.3 is 0 Å². The number of nitrogens with two attached hydrogens (primary N) is 1. The zero-order chi connectivity index (χ0) is 9.97. The Morgan fingerprint density at radius 3 is 3.14 bits per heavy atom. The molecule has 2 N–H and O–H groups in total. The van der Waals surface area contributed by atoms with Crippen molar-refractivity contribution in [3.8, 4) is 5.75 Å². The molecule has 1 atom stereocenters. The summed E-state index contributed by atoms with van der Waals surface area (Å²) in [4.78, 5) is 0. The van der Waals surface area contributed by atoms with Crippen molar-refractivity contribution in [2.24, 2.45) is 5.73 Å². The van der Waals surface area contributed by atoms with Gasteiger partial charge in [0.1, 0.15) is 5.75 Å². The van der Waals surface area contributed by atoms with Gasteiger partial charge in [-0.15, -0.1) is 0 Å². The van der Waals surface area contributed by atoms with E-state index in [1.807, 2.05) is 12.1 Å². The van der Waals surface area contributed by atoms with Crippen molar-refractivity contribution in [2.75, 3.05) is 20.3 Å². The molecule has 0 spiro atoms. The maximum atomic E-state index is 5.60. The first-order valence-electron chi connectivity index (χ1n) is 4.83. The van der Waals surface area contributed by atoms with E-state index in [9.17, 15) is 0 Å². The fourth-order valence-electron chi connectivity index (χ4n) is 1.78. The third-order valence-electron chi connectivity index (χ3n) is 2.58. The summed E-state index contributed by atoms with van der Waals surface area (Å²) in [5.74, 6) is 1.00. The molecule has 0 saturated heterocycles. The molecule has 0 aliphatic carbocycles. The highest BCUT2D eigenvalue weighted by Crippen LogP contribution is 2.28. The van der Waals surface area contributed by atoms with Gasteiger partial charge < -0.3 is 15.2 Å². The molecule has 0 radical (unpaired) electrons. The number of ether oxygens (including phenoxy) is 2. The van der Waals surface area contributed by atoms with Crippen LogP contribution >= 0.6 is 0 Å². The highest BCUT2D eigenvalue weighted by molar-refractivity contribution is 5.40. The van der Waals surface area contributed by atoms with Gasteiger partial charge in [0, 0.05) is 20.1 Å². The zero-order valence-corrected chi connectivity index (χ0v) is 8.32. The van der Waals surface area contributed by atoms with Gasteiger partial charge in [-0.3, -0.25) is 0 Å². The Kier molecular flexibility index (Phi) is 2.70. The largest absolute Gasteiger partial charge is 0.493 e. The Bertz CT molecular complexity index is 321. The minimum Gasteiger partial charge on any atom is -0.493 e. The molecule has 1 aliphatic heterocycles. The van der Waals surface area contributed by atoms with Gasteiger partial charge in [0.05, 0.1) is 12.7 Å². The minimum absolute atomic E-state index is 0.000833. The third-order valence-corrected chi connectivity index (χ3v) is 2.58. The maximum Gasteiger partial charge on any atom is 0.122 e. The van der Waals surface area contributed by atoms with Gasteiger partial charge in [0.15, 0.2) is 0 Å². The van der Waals surface area contributed by atoms with Crippen LogP contribution in [0.2, 0.25) is 0 Å². The lowest BCUT2D eigenvalue weighted by molar-refractivity contribution is 0.110. The van der Waals surface area contributed by atoms with E-state index in [1.165, 1.54) is 5.56 Å². The normalized spacial score (nSPS) is 16.1. The van der Waals surface area contributed by atoms with Gasteiger partial charge in [-0.2, -0.15) is 0 Å². The van der Waals surface area contributed by atoms with E-state index in [4.69, 9.17) is 15.2 Å². The molecule has 1 aliphatic rings. The van der Waals surface area contributed by atoms with E-state index >= 15 is 0 Å². The van der Waals surface area contributed by atoms with Crippen LogP contribution in [0.3, 0.4) is 0 Å². The monoisotopic (exact) mass is 193 g/mol. The fraction of sp³-hybridized carbons (Fsp3) is 0.455. The summed E-state index contributed by atoms with van der Waals surface area (Å²) in [7, 11) is 1.68. The number of hydrogen-bond acceptors (Lipinski definition) is 3. The molecule has 3 nitrogen and oxygen atoms in total. The summed E-state index contributed by atoms with van der Waals surface area (Å²) in [5, 5.41) is 0. The van der Waals surface area contributed by atoms with Crippen LogP contribution < -0.4 is 10.5 Å². The lowest BCUT2D eigenvalue weighted by Gasteiger charge is -2.13. The van der Waals surface area contributed by atoms with Crippen LogP contribution in [-0.2, 0) is 11.2 Å². The Labute approximate surface area is 83.8 Å². The molecule has 0 amide bonds. The van der Waals surface area contributed by atoms with E-state index in [-0.39, 0.29) is 6.10 Å². The molecule has 1 aromatic rings. The highest BCUT2D eigenvalue weighted by Gasteiger charge is 2.15. The molecule has 0 saturated carbocycles. The maximum absolute atomic E-state index is 5.60. The predicted octanol–water partition coefficient (Wildman–Crippen LogP) is 1.27. The van der Waals surface area contributed by atoms with Gasteiger partial charge in [-0.1, -0.05) is 6.07 Å². The van der Waals surface area contributed by atoms with Crippen molar-refractivity contribution in [3.63, 3.8) is 0 Å². The second kappa shape index (κ2) is 3.98. The number of methoxy groups -OCH3 is 1. The molecule has 14 heavy (non-hydrogen) atoms. The van der Waals surface area contributed by atoms with Crippen LogP contribution in [0.15, 0.2) is 18.2 Å². The average Bonchev–Trinajstić information content (AvgIpc) is 2.66. The second-order valence-corrected chi connectivity index (χ2v) is 3.43. The summed E-state index contributed by atoms with van der Waals surface area (Å²) in [6.07, 6.45) is 0.991. The van der Waals surface area contributed by atoms with Crippen molar-refractivity contribution in [2.45, 2.75) is 12.5 Å². The van der Waals surface area contributed by atoms with E-state index < -0.39 is 0 Å². The quantitative estimate of drug-likeness (QED) is 0.786. The molecule has 0 bridgehead atoms. The van der Waals surface area contributed by atoms with E-state index in [0.29, 0.717) is 6.54 Å². The van der Waals surface area contributed by atoms with Gasteiger partial charge in [-0.25, -0.2) is 0 Å². The average molecular weight is 193 g/mol. The van der Waals surface area contributed by atoms with Crippen molar-refractivity contribution >= 4 is 0 Å². The summed E-state index contributed by atoms with van der Waals surface area (Å²) in [6, 6.07) is 6.15. The molecule has 0 fully saturated rings. The molecule has 1 heterocycles. The molecule has 1 aromatic carbocycles. The van der Waals surface area contributed by atoms with Crippen LogP contribution in [0.25, 0.3) is 0 Å². The zero-order valence-electron chi connectivity index (χ0n) is 8.32. The summed E-state index contributed by atoms with van der Waals surface area (Å²) < 4.78 is 10.7. The van der Waals surface area contributed by atoms with Crippen LogP contribution in [0.5, 0.6) is 5.75 Å². The molecule has 1 unspecified atom stereocenters.